The molecule has 0 bridgehead atoms. The third-order valence-electron chi connectivity index (χ3n) is 4.89. The van der Waals surface area contributed by atoms with Gasteiger partial charge in [0.25, 0.3) is 5.91 Å². The summed E-state index contributed by atoms with van der Waals surface area (Å²) < 4.78 is 7.38. The number of amides is 1. The van der Waals surface area contributed by atoms with E-state index in [9.17, 15) is 4.79 Å². The zero-order valence-electron chi connectivity index (χ0n) is 18.7. The first kappa shape index (κ1) is 24.8. The van der Waals surface area contributed by atoms with E-state index >= 15 is 0 Å². The van der Waals surface area contributed by atoms with Gasteiger partial charge >= 0.3 is 0 Å². The first-order valence-electron chi connectivity index (χ1n) is 10.8. The van der Waals surface area contributed by atoms with Crippen molar-refractivity contribution in [3.05, 3.63) is 62.7 Å². The topological polar surface area (TPSA) is 77.0 Å². The van der Waals surface area contributed by atoms with Gasteiger partial charge in [-0.05, 0) is 43.2 Å². The maximum Gasteiger partial charge on any atom is 0.273 e. The second kappa shape index (κ2) is 11.4. The predicted octanol–water partition coefficient (Wildman–Crippen LogP) is 6.85. The van der Waals surface area contributed by atoms with Gasteiger partial charge in [0, 0.05) is 23.5 Å². The van der Waals surface area contributed by atoms with Gasteiger partial charge in [-0.25, -0.2) is 4.98 Å². The summed E-state index contributed by atoms with van der Waals surface area (Å²) in [5.74, 6) is 1.57. The third-order valence-corrected chi connectivity index (χ3v) is 7.42. The molecule has 0 aliphatic rings. The van der Waals surface area contributed by atoms with Crippen LogP contribution in [0.4, 0.5) is 0 Å². The highest BCUT2D eigenvalue weighted by atomic mass is 35.5. The molecule has 3 heterocycles. The van der Waals surface area contributed by atoms with Crippen LogP contribution in [0.2, 0.25) is 10.0 Å². The minimum absolute atomic E-state index is 0.0230. The Bertz CT molecular complexity index is 1250. The molecule has 0 N–H and O–H groups in total. The first-order valence-corrected chi connectivity index (χ1v) is 13.4. The van der Waals surface area contributed by atoms with Gasteiger partial charge in [0.1, 0.15) is 10.7 Å². The Morgan fingerprint density at radius 3 is 2.68 bits per heavy atom. The van der Waals surface area contributed by atoms with E-state index in [1.54, 1.807) is 30.5 Å². The summed E-state index contributed by atoms with van der Waals surface area (Å²) >= 11 is 15.7. The molecule has 4 rings (SSSR count). The van der Waals surface area contributed by atoms with Crippen LogP contribution in [0.1, 0.15) is 42.2 Å². The van der Waals surface area contributed by atoms with E-state index in [4.69, 9.17) is 27.6 Å². The molecule has 0 saturated heterocycles. The Labute approximate surface area is 216 Å². The lowest BCUT2D eigenvalue weighted by atomic mass is 10.3. The van der Waals surface area contributed by atoms with E-state index in [0.29, 0.717) is 43.9 Å². The highest BCUT2D eigenvalue weighted by Gasteiger charge is 2.22. The average molecular weight is 537 g/mol. The van der Waals surface area contributed by atoms with E-state index < -0.39 is 0 Å². The number of halogens is 2. The molecule has 0 radical (unpaired) electrons. The molecule has 0 aliphatic carbocycles. The molecule has 0 saturated carbocycles. The number of carbonyl (C=O) groups is 1. The second-order valence-electron chi connectivity index (χ2n) is 7.42. The highest BCUT2D eigenvalue weighted by molar-refractivity contribution is 7.98. The number of hydrogen-bond acceptors (Lipinski definition) is 7. The number of furan rings is 1. The molecule has 0 fully saturated rings. The largest absolute Gasteiger partial charge is 0.461 e. The van der Waals surface area contributed by atoms with Crippen molar-refractivity contribution >= 4 is 52.2 Å². The summed E-state index contributed by atoms with van der Waals surface area (Å²) in [6, 6.07) is 8.82. The van der Waals surface area contributed by atoms with Gasteiger partial charge in [-0.15, -0.1) is 21.5 Å². The standard InChI is InChI=1S/C23H23Cl2N5O2S2/c1-3-9-29(10-4-2)22(31)17-13-33-20(26-17)14-34-23-28-27-21(19-6-5-11-32-19)30(23)18-12-15(24)7-8-16(18)25/h5-8,11-13H,3-4,9-10,14H2,1-2H3. The molecular formula is C23H23Cl2N5O2S2. The summed E-state index contributed by atoms with van der Waals surface area (Å²) in [4.78, 5) is 19.3. The van der Waals surface area contributed by atoms with Crippen LogP contribution in [0.15, 0.2) is 51.5 Å². The number of aromatic nitrogens is 4. The van der Waals surface area contributed by atoms with E-state index in [0.717, 1.165) is 30.9 Å². The molecule has 1 aromatic carbocycles. The number of benzene rings is 1. The van der Waals surface area contributed by atoms with Crippen LogP contribution in [0.3, 0.4) is 0 Å². The minimum Gasteiger partial charge on any atom is -0.461 e. The third kappa shape index (κ3) is 5.49. The summed E-state index contributed by atoms with van der Waals surface area (Å²) in [6.45, 7) is 5.59. The van der Waals surface area contributed by atoms with Crippen molar-refractivity contribution in [1.29, 1.82) is 0 Å². The quantitative estimate of drug-likeness (QED) is 0.207. The molecule has 11 heteroatoms. The summed E-state index contributed by atoms with van der Waals surface area (Å²) in [7, 11) is 0. The van der Waals surface area contributed by atoms with Gasteiger partial charge in [0.2, 0.25) is 5.82 Å². The number of nitrogens with zero attached hydrogens (tertiary/aromatic N) is 5. The lowest BCUT2D eigenvalue weighted by Gasteiger charge is -2.20. The van der Waals surface area contributed by atoms with Crippen molar-refractivity contribution < 1.29 is 9.21 Å². The van der Waals surface area contributed by atoms with E-state index in [1.807, 2.05) is 20.9 Å². The minimum atomic E-state index is -0.0230. The Morgan fingerprint density at radius 1 is 1.18 bits per heavy atom. The fourth-order valence-corrected chi connectivity index (χ4v) is 5.52. The van der Waals surface area contributed by atoms with Crippen LogP contribution in [0.5, 0.6) is 0 Å². The van der Waals surface area contributed by atoms with Crippen LogP contribution >= 0.6 is 46.3 Å². The van der Waals surface area contributed by atoms with E-state index in [2.05, 4.69) is 29.0 Å². The Kier molecular flexibility index (Phi) is 8.31. The molecule has 178 valence electrons. The van der Waals surface area contributed by atoms with Gasteiger partial charge in [0.15, 0.2) is 10.9 Å². The van der Waals surface area contributed by atoms with Gasteiger partial charge in [0.05, 0.1) is 22.7 Å². The molecule has 0 atom stereocenters. The van der Waals surface area contributed by atoms with E-state index in [-0.39, 0.29) is 5.91 Å². The lowest BCUT2D eigenvalue weighted by molar-refractivity contribution is 0.0750. The lowest BCUT2D eigenvalue weighted by Crippen LogP contribution is -2.32. The number of thiazole rings is 1. The number of rotatable bonds is 10. The fraction of sp³-hybridized carbons (Fsp3) is 0.304. The summed E-state index contributed by atoms with van der Waals surface area (Å²) in [5, 5.41) is 13.0. The molecule has 34 heavy (non-hydrogen) atoms. The number of hydrogen-bond donors (Lipinski definition) is 0. The van der Waals surface area contributed by atoms with Crippen molar-refractivity contribution in [3.8, 4) is 17.3 Å². The van der Waals surface area contributed by atoms with Crippen LogP contribution in [-0.2, 0) is 5.75 Å². The van der Waals surface area contributed by atoms with Crippen LogP contribution in [-0.4, -0.2) is 43.6 Å². The molecule has 3 aromatic heterocycles. The van der Waals surface area contributed by atoms with Gasteiger partial charge < -0.3 is 9.32 Å². The second-order valence-corrected chi connectivity index (χ2v) is 10.2. The Hall–Kier alpha value is -2.33. The summed E-state index contributed by atoms with van der Waals surface area (Å²) in [5.41, 5.74) is 1.14. The van der Waals surface area contributed by atoms with Crippen LogP contribution in [0.25, 0.3) is 17.3 Å². The molecular weight excluding hydrogens is 513 g/mol. The molecule has 0 unspecified atom stereocenters. The van der Waals surface area contributed by atoms with Crippen LogP contribution < -0.4 is 0 Å². The SMILES string of the molecule is CCCN(CCC)C(=O)c1csc(CSc2nnc(-c3ccco3)n2-c2cc(Cl)ccc2Cl)n1. The number of carbonyl (C=O) groups excluding carboxylic acids is 1. The van der Waals surface area contributed by atoms with Crippen molar-refractivity contribution in [2.75, 3.05) is 13.1 Å². The van der Waals surface area contributed by atoms with Crippen molar-refractivity contribution in [2.45, 2.75) is 37.6 Å². The monoisotopic (exact) mass is 535 g/mol. The van der Waals surface area contributed by atoms with E-state index in [1.165, 1.54) is 23.1 Å². The normalized spacial score (nSPS) is 11.2. The van der Waals surface area contributed by atoms with Crippen molar-refractivity contribution in [3.63, 3.8) is 0 Å². The molecule has 7 nitrogen and oxygen atoms in total. The summed E-state index contributed by atoms with van der Waals surface area (Å²) in [6.07, 6.45) is 3.41. The van der Waals surface area contributed by atoms with Crippen molar-refractivity contribution in [2.24, 2.45) is 0 Å². The Balaban J connectivity index is 1.59. The fourth-order valence-electron chi connectivity index (χ4n) is 3.42. The van der Waals surface area contributed by atoms with Gasteiger partial charge in [-0.3, -0.25) is 9.36 Å². The smallest absolute Gasteiger partial charge is 0.273 e. The maximum absolute atomic E-state index is 12.9. The van der Waals surface area contributed by atoms with Crippen LogP contribution in [0, 0.1) is 0 Å². The zero-order valence-corrected chi connectivity index (χ0v) is 21.8. The highest BCUT2D eigenvalue weighted by Crippen LogP contribution is 2.34. The number of thioether (sulfide) groups is 1. The first-order chi connectivity index (χ1) is 16.5. The average Bonchev–Trinajstić information content (AvgIpc) is 3.59. The molecule has 4 aromatic rings. The maximum atomic E-state index is 12.9. The van der Waals surface area contributed by atoms with Gasteiger partial charge in [-0.1, -0.05) is 48.8 Å². The molecule has 0 aliphatic heterocycles. The Morgan fingerprint density at radius 2 is 1.97 bits per heavy atom. The zero-order chi connectivity index (χ0) is 24.1. The molecule has 1 amide bonds. The predicted molar refractivity (Wildman–Crippen MR) is 137 cm³/mol. The molecule has 0 spiro atoms. The van der Waals surface area contributed by atoms with Crippen molar-refractivity contribution in [1.82, 2.24) is 24.6 Å². The van der Waals surface area contributed by atoms with Gasteiger partial charge in [-0.2, -0.15) is 0 Å².